The van der Waals surface area contributed by atoms with Crippen LogP contribution >= 0.6 is 0 Å². The number of hydrogen-bond acceptors (Lipinski definition) is 6. The van der Waals surface area contributed by atoms with Gasteiger partial charge in [-0.3, -0.25) is 9.59 Å². The van der Waals surface area contributed by atoms with Crippen molar-refractivity contribution in [1.82, 2.24) is 20.2 Å². The summed E-state index contributed by atoms with van der Waals surface area (Å²) >= 11 is 0. The van der Waals surface area contributed by atoms with Gasteiger partial charge < -0.3 is 19.9 Å². The summed E-state index contributed by atoms with van der Waals surface area (Å²) in [5, 5.41) is 2.83. The van der Waals surface area contributed by atoms with Crippen molar-refractivity contribution in [3.05, 3.63) is 47.9 Å². The van der Waals surface area contributed by atoms with Crippen LogP contribution in [0.2, 0.25) is 0 Å². The topological polar surface area (TPSA) is 87.7 Å². The number of para-hydroxylation sites is 1. The monoisotopic (exact) mass is 453 g/mol. The first-order chi connectivity index (χ1) is 15.5. The highest BCUT2D eigenvalue weighted by Gasteiger charge is 2.41. The standard InChI is InChI=1S/C25H35N5O3/c1-18-15-20(29(5)6)27-22(26-18)25(4)13-10-14-30(17-25)23(32)24(2,3)28-21(31)16-33-19-11-8-7-9-12-19/h7-9,11-12,15H,10,13-14,16-17H2,1-6H3,(H,28,31)/t25-/m1/s1. The second-order valence-electron chi connectivity index (χ2n) is 9.75. The van der Waals surface area contributed by atoms with Crippen LogP contribution in [-0.4, -0.2) is 66.0 Å². The summed E-state index contributed by atoms with van der Waals surface area (Å²) < 4.78 is 5.51. The Kier molecular flexibility index (Phi) is 7.25. The van der Waals surface area contributed by atoms with Gasteiger partial charge in [0.25, 0.3) is 5.91 Å². The minimum absolute atomic E-state index is 0.123. The van der Waals surface area contributed by atoms with Gasteiger partial charge >= 0.3 is 0 Å². The number of carbonyl (C=O) groups is 2. The van der Waals surface area contributed by atoms with Gasteiger partial charge in [0.1, 0.15) is 22.9 Å². The van der Waals surface area contributed by atoms with E-state index in [1.54, 1.807) is 26.0 Å². The molecule has 1 atom stereocenters. The van der Waals surface area contributed by atoms with Crippen molar-refractivity contribution in [2.24, 2.45) is 0 Å². The molecule has 0 bridgehead atoms. The van der Waals surface area contributed by atoms with Gasteiger partial charge in [0.2, 0.25) is 5.91 Å². The fourth-order valence-corrected chi connectivity index (χ4v) is 4.15. The number of aryl methyl sites for hydroxylation is 1. The van der Waals surface area contributed by atoms with Crippen LogP contribution in [-0.2, 0) is 15.0 Å². The average molecular weight is 454 g/mol. The molecule has 8 nitrogen and oxygen atoms in total. The lowest BCUT2D eigenvalue weighted by molar-refractivity contribution is -0.142. The lowest BCUT2D eigenvalue weighted by Crippen LogP contribution is -2.60. The molecule has 1 saturated heterocycles. The minimum atomic E-state index is -1.06. The second-order valence-corrected chi connectivity index (χ2v) is 9.75. The molecule has 2 amide bonds. The number of likely N-dealkylation sites (tertiary alicyclic amines) is 1. The number of ether oxygens (including phenoxy) is 1. The van der Waals surface area contributed by atoms with Gasteiger partial charge in [-0.25, -0.2) is 9.97 Å². The third-order valence-corrected chi connectivity index (χ3v) is 5.92. The van der Waals surface area contributed by atoms with Crippen LogP contribution in [0.15, 0.2) is 36.4 Å². The molecule has 1 aliphatic rings. The Hall–Kier alpha value is -3.16. The van der Waals surface area contributed by atoms with Crippen molar-refractivity contribution >= 4 is 17.6 Å². The highest BCUT2D eigenvalue weighted by molar-refractivity contribution is 5.91. The molecular formula is C25H35N5O3. The molecule has 2 aromatic rings. The van der Waals surface area contributed by atoms with Crippen LogP contribution in [0.1, 0.15) is 45.1 Å². The average Bonchev–Trinajstić information content (AvgIpc) is 2.77. The largest absolute Gasteiger partial charge is 0.484 e. The van der Waals surface area contributed by atoms with Gasteiger partial charge in [0.05, 0.1) is 0 Å². The molecule has 0 aliphatic carbocycles. The van der Waals surface area contributed by atoms with E-state index in [4.69, 9.17) is 14.7 Å². The second kappa shape index (κ2) is 9.77. The molecule has 178 valence electrons. The number of hydrogen-bond donors (Lipinski definition) is 1. The lowest BCUT2D eigenvalue weighted by Gasteiger charge is -2.42. The first-order valence-corrected chi connectivity index (χ1v) is 11.3. The van der Waals surface area contributed by atoms with Crippen molar-refractivity contribution in [2.45, 2.75) is 51.5 Å². The Morgan fingerprint density at radius 1 is 1.21 bits per heavy atom. The van der Waals surface area contributed by atoms with Gasteiger partial charge in [0, 0.05) is 44.4 Å². The van der Waals surface area contributed by atoms with Crippen molar-refractivity contribution in [2.75, 3.05) is 38.7 Å². The number of rotatable bonds is 7. The van der Waals surface area contributed by atoms with E-state index in [1.807, 2.05) is 55.1 Å². The lowest BCUT2D eigenvalue weighted by atomic mass is 9.80. The molecule has 3 rings (SSSR count). The summed E-state index contributed by atoms with van der Waals surface area (Å²) in [6.45, 7) is 8.53. The smallest absolute Gasteiger partial charge is 0.258 e. The van der Waals surface area contributed by atoms with E-state index in [9.17, 15) is 9.59 Å². The van der Waals surface area contributed by atoms with Crippen LogP contribution in [0.25, 0.3) is 0 Å². The predicted molar refractivity (Wildman–Crippen MR) is 128 cm³/mol. The fraction of sp³-hybridized carbons (Fsp3) is 0.520. The van der Waals surface area contributed by atoms with Crippen LogP contribution in [0.3, 0.4) is 0 Å². The number of aromatic nitrogens is 2. The van der Waals surface area contributed by atoms with Crippen molar-refractivity contribution in [3.63, 3.8) is 0 Å². The van der Waals surface area contributed by atoms with Gasteiger partial charge in [0.15, 0.2) is 6.61 Å². The molecule has 0 unspecified atom stereocenters. The van der Waals surface area contributed by atoms with Crippen LogP contribution in [0.4, 0.5) is 5.82 Å². The van der Waals surface area contributed by atoms with Crippen LogP contribution < -0.4 is 15.0 Å². The molecule has 1 N–H and O–H groups in total. The summed E-state index contributed by atoms with van der Waals surface area (Å²) in [4.78, 5) is 39.2. The number of benzene rings is 1. The Morgan fingerprint density at radius 2 is 1.91 bits per heavy atom. The molecule has 0 radical (unpaired) electrons. The maximum atomic E-state index is 13.4. The van der Waals surface area contributed by atoms with Crippen molar-refractivity contribution < 1.29 is 14.3 Å². The number of piperidine rings is 1. The van der Waals surface area contributed by atoms with E-state index in [0.717, 1.165) is 30.2 Å². The molecule has 8 heteroatoms. The quantitative estimate of drug-likeness (QED) is 0.694. The SMILES string of the molecule is Cc1cc(N(C)C)nc([C@]2(C)CCCN(C(=O)C(C)(C)NC(=O)COc3ccccc3)C2)n1. The van der Waals surface area contributed by atoms with Crippen LogP contribution in [0, 0.1) is 6.92 Å². The predicted octanol–water partition coefficient (Wildman–Crippen LogP) is 2.70. The first kappa shape index (κ1) is 24.5. The molecule has 0 saturated carbocycles. The van der Waals surface area contributed by atoms with E-state index in [1.165, 1.54) is 0 Å². The zero-order valence-corrected chi connectivity index (χ0v) is 20.5. The maximum absolute atomic E-state index is 13.4. The Labute approximate surface area is 196 Å². The van der Waals surface area contributed by atoms with Crippen LogP contribution in [0.5, 0.6) is 5.75 Å². The normalized spacial score (nSPS) is 18.5. The van der Waals surface area contributed by atoms with E-state index in [0.29, 0.717) is 18.8 Å². The first-order valence-electron chi connectivity index (χ1n) is 11.3. The molecule has 1 aromatic carbocycles. The van der Waals surface area contributed by atoms with Crippen molar-refractivity contribution in [3.8, 4) is 5.75 Å². The van der Waals surface area contributed by atoms with E-state index >= 15 is 0 Å². The maximum Gasteiger partial charge on any atom is 0.258 e. The van der Waals surface area contributed by atoms with E-state index in [-0.39, 0.29) is 23.8 Å². The summed E-state index contributed by atoms with van der Waals surface area (Å²) in [6, 6.07) is 11.1. The molecule has 1 aromatic heterocycles. The van der Waals surface area contributed by atoms with Gasteiger partial charge in [-0.2, -0.15) is 0 Å². The summed E-state index contributed by atoms with van der Waals surface area (Å²) in [6.07, 6.45) is 1.74. The number of nitrogens with one attached hydrogen (secondary N) is 1. The summed E-state index contributed by atoms with van der Waals surface area (Å²) in [7, 11) is 3.91. The third kappa shape index (κ3) is 6.00. The van der Waals surface area contributed by atoms with E-state index < -0.39 is 5.54 Å². The molecule has 1 fully saturated rings. The highest BCUT2D eigenvalue weighted by atomic mass is 16.5. The Morgan fingerprint density at radius 3 is 2.58 bits per heavy atom. The van der Waals surface area contributed by atoms with Gasteiger partial charge in [-0.05, 0) is 45.7 Å². The molecule has 2 heterocycles. The summed E-state index contributed by atoms with van der Waals surface area (Å²) in [5.41, 5.74) is -0.516. The van der Waals surface area contributed by atoms with Gasteiger partial charge in [-0.15, -0.1) is 0 Å². The van der Waals surface area contributed by atoms with E-state index in [2.05, 4.69) is 12.2 Å². The number of amides is 2. The zero-order chi connectivity index (χ0) is 24.2. The summed E-state index contributed by atoms with van der Waals surface area (Å²) in [5.74, 6) is 1.76. The number of carbonyl (C=O) groups excluding carboxylic acids is 2. The third-order valence-electron chi connectivity index (χ3n) is 5.92. The molecule has 0 spiro atoms. The molecule has 1 aliphatic heterocycles. The number of nitrogens with zero attached hydrogens (tertiary/aromatic N) is 4. The molecular weight excluding hydrogens is 418 g/mol. The molecule has 33 heavy (non-hydrogen) atoms. The zero-order valence-electron chi connectivity index (χ0n) is 20.5. The Balaban J connectivity index is 1.68. The fourth-order valence-electron chi connectivity index (χ4n) is 4.15. The van der Waals surface area contributed by atoms with Crippen molar-refractivity contribution in [1.29, 1.82) is 0 Å². The minimum Gasteiger partial charge on any atom is -0.484 e. The number of anilines is 1. The highest BCUT2D eigenvalue weighted by Crippen LogP contribution is 2.33. The van der Waals surface area contributed by atoms with Gasteiger partial charge in [-0.1, -0.05) is 25.1 Å². The Bertz CT molecular complexity index is 993.